The van der Waals surface area contributed by atoms with Gasteiger partial charge in [-0.2, -0.15) is 10.2 Å². The molecule has 0 spiro atoms. The Hall–Kier alpha value is -2.49. The van der Waals surface area contributed by atoms with E-state index in [1.165, 1.54) is 7.11 Å². The first kappa shape index (κ1) is 13.9. The number of ether oxygens (including phenoxy) is 1. The number of carbonyl (C=O) groups excluding carboxylic acids is 1. The van der Waals surface area contributed by atoms with Gasteiger partial charge in [0.1, 0.15) is 0 Å². The maximum atomic E-state index is 11.3. The molecule has 0 fully saturated rings. The fourth-order valence-corrected chi connectivity index (χ4v) is 1.91. The van der Waals surface area contributed by atoms with E-state index in [-0.39, 0.29) is 5.97 Å². The Morgan fingerprint density at radius 3 is 2.00 bits per heavy atom. The molecule has 4 nitrogen and oxygen atoms in total. The summed E-state index contributed by atoms with van der Waals surface area (Å²) in [5.41, 5.74) is 4.31. The summed E-state index contributed by atoms with van der Waals surface area (Å²) < 4.78 is 4.64. The van der Waals surface area contributed by atoms with E-state index in [1.807, 2.05) is 26.0 Å². The molecule has 0 saturated carbocycles. The van der Waals surface area contributed by atoms with Crippen LogP contribution in [0.15, 0.2) is 52.7 Å². The second-order valence-electron chi connectivity index (χ2n) is 4.58. The summed E-state index contributed by atoms with van der Waals surface area (Å²) in [6, 6.07) is 12.8. The normalized spacial score (nSPS) is 10.8. The fourth-order valence-electron chi connectivity index (χ4n) is 1.91. The minimum absolute atomic E-state index is 0.359. The maximum Gasteiger partial charge on any atom is 0.337 e. The zero-order valence-corrected chi connectivity index (χ0v) is 11.8. The molecule has 0 aliphatic heterocycles. The predicted octanol–water partition coefficient (Wildman–Crippen LogP) is 4.51. The van der Waals surface area contributed by atoms with Gasteiger partial charge in [-0.25, -0.2) is 4.79 Å². The van der Waals surface area contributed by atoms with Gasteiger partial charge in [0.2, 0.25) is 0 Å². The Balaban J connectivity index is 2.17. The Labute approximate surface area is 118 Å². The van der Waals surface area contributed by atoms with Gasteiger partial charge in [-0.3, -0.25) is 0 Å². The molecule has 0 aliphatic carbocycles. The molecule has 2 aromatic carbocycles. The van der Waals surface area contributed by atoms with E-state index in [0.717, 1.165) is 16.8 Å². The molecule has 20 heavy (non-hydrogen) atoms. The molecular formula is C16H16N2O2. The number of benzene rings is 2. The molecule has 0 heterocycles. The van der Waals surface area contributed by atoms with Crippen LogP contribution < -0.4 is 0 Å². The van der Waals surface area contributed by atoms with Gasteiger partial charge in [-0.1, -0.05) is 6.07 Å². The topological polar surface area (TPSA) is 51.0 Å². The van der Waals surface area contributed by atoms with E-state index in [1.54, 1.807) is 24.3 Å². The summed E-state index contributed by atoms with van der Waals surface area (Å²) in [6.45, 7) is 4.05. The quantitative estimate of drug-likeness (QED) is 0.607. The van der Waals surface area contributed by atoms with E-state index in [4.69, 9.17) is 0 Å². The monoisotopic (exact) mass is 268 g/mol. The Morgan fingerprint density at radius 1 is 0.900 bits per heavy atom. The zero-order chi connectivity index (χ0) is 14.5. The summed E-state index contributed by atoms with van der Waals surface area (Å²) in [4.78, 5) is 11.3. The first-order valence-electron chi connectivity index (χ1n) is 6.27. The highest BCUT2D eigenvalue weighted by Crippen LogP contribution is 2.21. The van der Waals surface area contributed by atoms with E-state index in [2.05, 4.69) is 21.0 Å². The van der Waals surface area contributed by atoms with Crippen molar-refractivity contribution in [1.82, 2.24) is 0 Å². The van der Waals surface area contributed by atoms with Crippen LogP contribution in [0.5, 0.6) is 0 Å². The average Bonchev–Trinajstić information content (AvgIpc) is 2.44. The molecule has 0 saturated heterocycles. The van der Waals surface area contributed by atoms with Crippen molar-refractivity contribution in [1.29, 1.82) is 0 Å². The third-order valence-corrected chi connectivity index (χ3v) is 2.78. The summed E-state index contributed by atoms with van der Waals surface area (Å²) in [7, 11) is 1.36. The largest absolute Gasteiger partial charge is 0.465 e. The highest BCUT2D eigenvalue weighted by Gasteiger charge is 2.03. The number of aryl methyl sites for hydroxylation is 2. The number of hydrogen-bond donors (Lipinski definition) is 0. The number of hydrogen-bond acceptors (Lipinski definition) is 4. The molecular weight excluding hydrogens is 252 g/mol. The molecule has 0 aromatic heterocycles. The fraction of sp³-hybridized carbons (Fsp3) is 0.188. The number of azo groups is 1. The van der Waals surface area contributed by atoms with Crippen molar-refractivity contribution in [3.63, 3.8) is 0 Å². The van der Waals surface area contributed by atoms with Gasteiger partial charge >= 0.3 is 5.97 Å². The van der Waals surface area contributed by atoms with E-state index < -0.39 is 0 Å². The number of rotatable bonds is 3. The lowest BCUT2D eigenvalue weighted by Gasteiger charge is -2.00. The molecule has 0 unspecified atom stereocenters. The van der Waals surface area contributed by atoms with Crippen LogP contribution in [0.2, 0.25) is 0 Å². The van der Waals surface area contributed by atoms with Crippen LogP contribution in [-0.2, 0) is 4.74 Å². The van der Waals surface area contributed by atoms with Crippen molar-refractivity contribution < 1.29 is 9.53 Å². The molecule has 0 aliphatic rings. The first-order valence-corrected chi connectivity index (χ1v) is 6.27. The molecule has 4 heteroatoms. The highest BCUT2D eigenvalue weighted by atomic mass is 16.5. The molecule has 102 valence electrons. The van der Waals surface area contributed by atoms with Gasteiger partial charge in [-0.15, -0.1) is 0 Å². The van der Waals surface area contributed by atoms with Crippen LogP contribution in [-0.4, -0.2) is 13.1 Å². The molecule has 0 radical (unpaired) electrons. The Morgan fingerprint density at radius 2 is 1.45 bits per heavy atom. The van der Waals surface area contributed by atoms with E-state index in [9.17, 15) is 4.79 Å². The van der Waals surface area contributed by atoms with Gasteiger partial charge < -0.3 is 4.74 Å². The molecule has 0 atom stereocenters. The summed E-state index contributed by atoms with van der Waals surface area (Å²) in [5.74, 6) is -0.359. The molecule has 2 aromatic rings. The van der Waals surface area contributed by atoms with Crippen LogP contribution in [0.4, 0.5) is 11.4 Å². The van der Waals surface area contributed by atoms with E-state index in [0.29, 0.717) is 11.3 Å². The lowest BCUT2D eigenvalue weighted by Crippen LogP contribution is -1.99. The maximum absolute atomic E-state index is 11.3. The summed E-state index contributed by atoms with van der Waals surface area (Å²) in [6.07, 6.45) is 0. The van der Waals surface area contributed by atoms with Gasteiger partial charge in [0.15, 0.2) is 0 Å². The molecule has 2 rings (SSSR count). The van der Waals surface area contributed by atoms with Crippen molar-refractivity contribution in [2.75, 3.05) is 7.11 Å². The standard InChI is InChI=1S/C16H16N2O2/c1-11-8-12(2)10-15(9-11)18-17-14-6-4-13(5-7-14)16(19)20-3/h4-10H,1-3H3. The third kappa shape index (κ3) is 3.51. The second-order valence-corrected chi connectivity index (χ2v) is 4.58. The average molecular weight is 268 g/mol. The number of esters is 1. The molecule has 0 bridgehead atoms. The van der Waals surface area contributed by atoms with Crippen molar-refractivity contribution in [2.24, 2.45) is 10.2 Å². The van der Waals surface area contributed by atoms with Gasteiger partial charge in [0, 0.05) is 0 Å². The lowest BCUT2D eigenvalue weighted by atomic mass is 10.1. The van der Waals surface area contributed by atoms with Crippen molar-refractivity contribution in [3.8, 4) is 0 Å². The zero-order valence-electron chi connectivity index (χ0n) is 11.8. The van der Waals surface area contributed by atoms with Crippen molar-refractivity contribution >= 4 is 17.3 Å². The summed E-state index contributed by atoms with van der Waals surface area (Å²) >= 11 is 0. The number of carbonyl (C=O) groups is 1. The Kier molecular flexibility index (Phi) is 4.25. The van der Waals surface area contributed by atoms with Gasteiger partial charge in [0.25, 0.3) is 0 Å². The van der Waals surface area contributed by atoms with E-state index >= 15 is 0 Å². The van der Waals surface area contributed by atoms with Crippen LogP contribution in [0.25, 0.3) is 0 Å². The van der Waals surface area contributed by atoms with Gasteiger partial charge in [0.05, 0.1) is 24.0 Å². The van der Waals surface area contributed by atoms with Crippen LogP contribution in [0.1, 0.15) is 21.5 Å². The predicted molar refractivity (Wildman–Crippen MR) is 77.9 cm³/mol. The van der Waals surface area contributed by atoms with Crippen LogP contribution >= 0.6 is 0 Å². The number of methoxy groups -OCH3 is 1. The summed E-state index contributed by atoms with van der Waals surface area (Å²) in [5, 5.41) is 8.36. The minimum Gasteiger partial charge on any atom is -0.465 e. The first-order chi connectivity index (χ1) is 9.58. The lowest BCUT2D eigenvalue weighted by molar-refractivity contribution is 0.0601. The number of nitrogens with zero attached hydrogens (tertiary/aromatic N) is 2. The van der Waals surface area contributed by atoms with Crippen LogP contribution in [0, 0.1) is 13.8 Å². The SMILES string of the molecule is COC(=O)c1ccc(N=Nc2cc(C)cc(C)c2)cc1. The Bertz CT molecular complexity index is 626. The molecule has 0 amide bonds. The van der Waals surface area contributed by atoms with Gasteiger partial charge in [-0.05, 0) is 61.4 Å². The second kappa shape index (κ2) is 6.10. The molecule has 0 N–H and O–H groups in total. The highest BCUT2D eigenvalue weighted by molar-refractivity contribution is 5.89. The smallest absolute Gasteiger partial charge is 0.337 e. The van der Waals surface area contributed by atoms with Crippen LogP contribution in [0.3, 0.4) is 0 Å². The van der Waals surface area contributed by atoms with Crippen molar-refractivity contribution in [2.45, 2.75) is 13.8 Å². The van der Waals surface area contributed by atoms with Crippen molar-refractivity contribution in [3.05, 3.63) is 59.2 Å². The minimum atomic E-state index is -0.359. The third-order valence-electron chi connectivity index (χ3n) is 2.78.